The van der Waals surface area contributed by atoms with E-state index in [4.69, 9.17) is 4.74 Å². The van der Waals surface area contributed by atoms with Gasteiger partial charge in [0.1, 0.15) is 5.69 Å². The molecule has 0 aliphatic rings. The zero-order valence-corrected chi connectivity index (χ0v) is 14.2. The molecule has 25 heavy (non-hydrogen) atoms. The first-order chi connectivity index (χ1) is 12.2. The van der Waals surface area contributed by atoms with Gasteiger partial charge in [0.15, 0.2) is 0 Å². The molecule has 0 unspecified atom stereocenters. The van der Waals surface area contributed by atoms with Gasteiger partial charge in [0.25, 0.3) is 0 Å². The van der Waals surface area contributed by atoms with Crippen molar-refractivity contribution in [3.05, 3.63) is 83.7 Å². The van der Waals surface area contributed by atoms with Crippen LogP contribution in [0.1, 0.15) is 21.6 Å². The van der Waals surface area contributed by atoms with Crippen molar-refractivity contribution in [2.45, 2.75) is 13.0 Å². The lowest BCUT2D eigenvalue weighted by molar-refractivity contribution is 0.0590. The molecular formula is C21H21NO3. The van der Waals surface area contributed by atoms with Crippen LogP contribution in [0.3, 0.4) is 0 Å². The van der Waals surface area contributed by atoms with Gasteiger partial charge in [-0.2, -0.15) is 0 Å². The molecule has 1 N–H and O–H groups in total. The summed E-state index contributed by atoms with van der Waals surface area (Å²) < 4.78 is 6.96. The maximum atomic E-state index is 12.5. The molecule has 0 saturated carbocycles. The molecule has 0 bridgehead atoms. The minimum Gasteiger partial charge on any atom is -0.464 e. The molecule has 0 radical (unpaired) electrons. The van der Waals surface area contributed by atoms with Crippen molar-refractivity contribution in [2.75, 3.05) is 13.7 Å². The number of hydrogen-bond donors (Lipinski definition) is 1. The maximum Gasteiger partial charge on any atom is 0.355 e. The van der Waals surface area contributed by atoms with Gasteiger partial charge in [0, 0.05) is 24.9 Å². The summed E-state index contributed by atoms with van der Waals surface area (Å²) in [6, 6.07) is 19.7. The summed E-state index contributed by atoms with van der Waals surface area (Å²) in [5, 5.41) is 9.45. The van der Waals surface area contributed by atoms with Crippen LogP contribution in [0, 0.1) is 0 Å². The van der Waals surface area contributed by atoms with E-state index in [1.807, 2.05) is 71.4 Å². The Morgan fingerprint density at radius 1 is 1.04 bits per heavy atom. The predicted octanol–water partition coefficient (Wildman–Crippen LogP) is 3.52. The van der Waals surface area contributed by atoms with E-state index in [2.05, 4.69) is 0 Å². The van der Waals surface area contributed by atoms with Crippen molar-refractivity contribution >= 4 is 5.97 Å². The van der Waals surface area contributed by atoms with Gasteiger partial charge in [-0.1, -0.05) is 60.7 Å². The molecule has 3 aromatic rings. The van der Waals surface area contributed by atoms with E-state index in [0.717, 1.165) is 22.3 Å². The number of hydrogen-bond acceptors (Lipinski definition) is 3. The number of carbonyl (C=O) groups excluding carboxylic acids is 1. The molecule has 2 aromatic carbocycles. The molecule has 1 aromatic heterocycles. The van der Waals surface area contributed by atoms with Crippen LogP contribution in [0.25, 0.3) is 11.1 Å². The number of benzene rings is 2. The summed E-state index contributed by atoms with van der Waals surface area (Å²) in [5.74, 6) is -0.376. The van der Waals surface area contributed by atoms with Crippen LogP contribution in [0.4, 0.5) is 0 Å². The Balaban J connectivity index is 2.16. The van der Waals surface area contributed by atoms with Crippen molar-refractivity contribution in [3.8, 4) is 11.1 Å². The van der Waals surface area contributed by atoms with E-state index in [1.165, 1.54) is 7.11 Å². The highest BCUT2D eigenvalue weighted by atomic mass is 16.5. The van der Waals surface area contributed by atoms with Gasteiger partial charge in [-0.05, 0) is 23.1 Å². The number of rotatable bonds is 6. The number of aliphatic hydroxyl groups excluding tert-OH is 1. The van der Waals surface area contributed by atoms with Crippen molar-refractivity contribution in [3.63, 3.8) is 0 Å². The second-order valence-corrected chi connectivity index (χ2v) is 5.82. The first-order valence-corrected chi connectivity index (χ1v) is 8.25. The highest BCUT2D eigenvalue weighted by Gasteiger charge is 2.23. The Morgan fingerprint density at radius 2 is 1.68 bits per heavy atom. The van der Waals surface area contributed by atoms with Gasteiger partial charge < -0.3 is 14.4 Å². The first-order valence-electron chi connectivity index (χ1n) is 8.25. The molecule has 4 heteroatoms. The Hall–Kier alpha value is -2.85. The zero-order chi connectivity index (χ0) is 17.6. The molecule has 0 aliphatic heterocycles. The van der Waals surface area contributed by atoms with Crippen LogP contribution in [0.5, 0.6) is 0 Å². The minimum atomic E-state index is -0.376. The maximum absolute atomic E-state index is 12.5. The molecule has 128 valence electrons. The molecule has 0 spiro atoms. The fraction of sp³-hybridized carbons (Fsp3) is 0.190. The van der Waals surface area contributed by atoms with E-state index in [1.54, 1.807) is 0 Å². The van der Waals surface area contributed by atoms with Crippen LogP contribution in [0.2, 0.25) is 0 Å². The average Bonchev–Trinajstić information content (AvgIpc) is 3.00. The van der Waals surface area contributed by atoms with Crippen molar-refractivity contribution in [1.82, 2.24) is 4.57 Å². The van der Waals surface area contributed by atoms with E-state index in [0.29, 0.717) is 18.7 Å². The quantitative estimate of drug-likeness (QED) is 0.701. The number of aliphatic hydroxyl groups is 1. The highest BCUT2D eigenvalue weighted by molar-refractivity contribution is 5.97. The third-order valence-corrected chi connectivity index (χ3v) is 4.17. The smallest absolute Gasteiger partial charge is 0.355 e. The Bertz CT molecular complexity index is 838. The summed E-state index contributed by atoms with van der Waals surface area (Å²) in [7, 11) is 1.39. The second-order valence-electron chi connectivity index (χ2n) is 5.82. The third kappa shape index (κ3) is 3.64. The van der Waals surface area contributed by atoms with E-state index in [9.17, 15) is 9.90 Å². The summed E-state index contributed by atoms with van der Waals surface area (Å²) in [5.41, 5.74) is 4.32. The summed E-state index contributed by atoms with van der Waals surface area (Å²) in [6.07, 6.45) is 2.42. The Morgan fingerprint density at radius 3 is 2.28 bits per heavy atom. The van der Waals surface area contributed by atoms with Gasteiger partial charge >= 0.3 is 5.97 Å². The number of ether oxygens (including phenoxy) is 1. The molecule has 0 atom stereocenters. The predicted molar refractivity (Wildman–Crippen MR) is 97.5 cm³/mol. The average molecular weight is 335 g/mol. The van der Waals surface area contributed by atoms with Gasteiger partial charge in [-0.3, -0.25) is 0 Å². The fourth-order valence-corrected chi connectivity index (χ4v) is 3.07. The summed E-state index contributed by atoms with van der Waals surface area (Å²) in [4.78, 5) is 12.5. The largest absolute Gasteiger partial charge is 0.464 e. The van der Waals surface area contributed by atoms with Gasteiger partial charge in [0.2, 0.25) is 0 Å². The van der Waals surface area contributed by atoms with E-state index < -0.39 is 0 Å². The van der Waals surface area contributed by atoms with Gasteiger partial charge in [-0.15, -0.1) is 0 Å². The van der Waals surface area contributed by atoms with Crippen molar-refractivity contribution < 1.29 is 14.6 Å². The fourth-order valence-electron chi connectivity index (χ4n) is 3.07. The van der Waals surface area contributed by atoms with Crippen LogP contribution < -0.4 is 0 Å². The summed E-state index contributed by atoms with van der Waals surface area (Å²) in [6.45, 7) is 0.590. The molecule has 0 amide bonds. The molecular weight excluding hydrogens is 314 g/mol. The molecule has 0 fully saturated rings. The number of esters is 1. The topological polar surface area (TPSA) is 51.5 Å². The SMILES string of the molecule is COC(=O)c1c(-c2ccccc2)c(CCO)cn1Cc1ccccc1. The first kappa shape index (κ1) is 17.0. The van der Waals surface area contributed by atoms with E-state index >= 15 is 0 Å². The monoisotopic (exact) mass is 335 g/mol. The molecule has 0 aliphatic carbocycles. The van der Waals surface area contributed by atoms with E-state index in [-0.39, 0.29) is 12.6 Å². The van der Waals surface area contributed by atoms with Crippen LogP contribution >= 0.6 is 0 Å². The third-order valence-electron chi connectivity index (χ3n) is 4.17. The lowest BCUT2D eigenvalue weighted by Crippen LogP contribution is -2.12. The van der Waals surface area contributed by atoms with Gasteiger partial charge in [-0.25, -0.2) is 4.79 Å². The number of carbonyl (C=O) groups is 1. The van der Waals surface area contributed by atoms with Crippen LogP contribution in [0.15, 0.2) is 66.9 Å². The number of aromatic nitrogens is 1. The summed E-state index contributed by atoms with van der Waals surface area (Å²) >= 11 is 0. The van der Waals surface area contributed by atoms with Crippen LogP contribution in [-0.4, -0.2) is 29.4 Å². The highest BCUT2D eigenvalue weighted by Crippen LogP contribution is 2.31. The van der Waals surface area contributed by atoms with Crippen molar-refractivity contribution in [2.24, 2.45) is 0 Å². The second kappa shape index (κ2) is 7.81. The Kier molecular flexibility index (Phi) is 5.31. The number of nitrogens with zero attached hydrogens (tertiary/aromatic N) is 1. The molecule has 1 heterocycles. The molecule has 3 rings (SSSR count). The Labute approximate surface area is 147 Å². The lowest BCUT2D eigenvalue weighted by atomic mass is 10.00. The minimum absolute atomic E-state index is 0.0236. The lowest BCUT2D eigenvalue weighted by Gasteiger charge is -2.10. The zero-order valence-electron chi connectivity index (χ0n) is 14.2. The van der Waals surface area contributed by atoms with Crippen molar-refractivity contribution in [1.29, 1.82) is 0 Å². The molecule has 0 saturated heterocycles. The number of methoxy groups -OCH3 is 1. The normalized spacial score (nSPS) is 10.6. The van der Waals surface area contributed by atoms with Crippen LogP contribution in [-0.2, 0) is 17.7 Å². The van der Waals surface area contributed by atoms with Gasteiger partial charge in [0.05, 0.1) is 7.11 Å². The standard InChI is InChI=1S/C21H21NO3/c1-25-21(24)20-19(17-10-6-3-7-11-17)18(12-13-23)15-22(20)14-16-8-4-2-5-9-16/h2-11,15,23H,12-14H2,1H3. The molecule has 4 nitrogen and oxygen atoms in total.